The number of fused-ring (bicyclic) bond motifs is 1. The van der Waals surface area contributed by atoms with Gasteiger partial charge < -0.3 is 14.8 Å². The van der Waals surface area contributed by atoms with Crippen LogP contribution in [0, 0.1) is 11.7 Å². The zero-order valence-electron chi connectivity index (χ0n) is 12.8. The van der Waals surface area contributed by atoms with Crippen LogP contribution in [0.5, 0.6) is 11.5 Å². The summed E-state index contributed by atoms with van der Waals surface area (Å²) in [4.78, 5) is 12.3. The molecule has 2 aromatic carbocycles. The summed E-state index contributed by atoms with van der Waals surface area (Å²) in [6.07, 6.45) is 0.579. The largest absolute Gasteiger partial charge is 0.497 e. The molecule has 4 nitrogen and oxygen atoms in total. The third-order valence-corrected chi connectivity index (χ3v) is 3.96. The van der Waals surface area contributed by atoms with Crippen LogP contribution in [0.1, 0.15) is 11.1 Å². The fourth-order valence-electron chi connectivity index (χ4n) is 2.63. The van der Waals surface area contributed by atoms with Gasteiger partial charge in [0.2, 0.25) is 5.91 Å². The van der Waals surface area contributed by atoms with Crippen LogP contribution in [-0.2, 0) is 17.8 Å². The van der Waals surface area contributed by atoms with Crippen molar-refractivity contribution < 1.29 is 18.7 Å². The van der Waals surface area contributed by atoms with Gasteiger partial charge in [-0.15, -0.1) is 0 Å². The number of ether oxygens (including phenoxy) is 2. The predicted octanol–water partition coefficient (Wildman–Crippen LogP) is 2.70. The molecule has 23 heavy (non-hydrogen) atoms. The van der Waals surface area contributed by atoms with Crippen LogP contribution in [0.3, 0.4) is 0 Å². The van der Waals surface area contributed by atoms with Crippen LogP contribution in [0.15, 0.2) is 42.5 Å². The first-order chi connectivity index (χ1) is 11.2. The second kappa shape index (κ2) is 6.69. The molecule has 0 aliphatic carbocycles. The predicted molar refractivity (Wildman–Crippen MR) is 83.9 cm³/mol. The first-order valence-electron chi connectivity index (χ1n) is 7.48. The van der Waals surface area contributed by atoms with E-state index in [2.05, 4.69) is 5.32 Å². The second-order valence-electron chi connectivity index (χ2n) is 5.49. The molecule has 5 heteroatoms. The van der Waals surface area contributed by atoms with Crippen molar-refractivity contribution in [2.75, 3.05) is 13.7 Å². The van der Waals surface area contributed by atoms with Crippen LogP contribution in [0.2, 0.25) is 0 Å². The minimum atomic E-state index is -0.317. The van der Waals surface area contributed by atoms with Crippen molar-refractivity contribution >= 4 is 5.91 Å². The fraction of sp³-hybridized carbons (Fsp3) is 0.278. The Hall–Kier alpha value is -2.56. The highest BCUT2D eigenvalue weighted by atomic mass is 19.1. The maximum atomic E-state index is 13.6. The second-order valence-corrected chi connectivity index (χ2v) is 5.49. The van der Waals surface area contributed by atoms with Gasteiger partial charge in [0.05, 0.1) is 13.0 Å². The number of hydrogen-bond acceptors (Lipinski definition) is 3. The summed E-state index contributed by atoms with van der Waals surface area (Å²) in [5.41, 5.74) is 1.42. The number of halogens is 1. The Morgan fingerprint density at radius 3 is 2.96 bits per heavy atom. The van der Waals surface area contributed by atoms with Gasteiger partial charge in [-0.1, -0.05) is 18.2 Å². The molecule has 120 valence electrons. The van der Waals surface area contributed by atoms with E-state index in [-0.39, 0.29) is 24.2 Å². The van der Waals surface area contributed by atoms with E-state index in [0.717, 1.165) is 17.1 Å². The number of benzene rings is 2. The molecule has 0 spiro atoms. The van der Waals surface area contributed by atoms with E-state index in [1.54, 1.807) is 25.3 Å². The number of amides is 1. The Morgan fingerprint density at radius 2 is 2.17 bits per heavy atom. The van der Waals surface area contributed by atoms with Crippen molar-refractivity contribution in [1.29, 1.82) is 0 Å². The Kier molecular flexibility index (Phi) is 4.46. The van der Waals surface area contributed by atoms with Gasteiger partial charge in [-0.05, 0) is 36.2 Å². The summed E-state index contributed by atoms with van der Waals surface area (Å²) >= 11 is 0. The van der Waals surface area contributed by atoms with Gasteiger partial charge in [0.15, 0.2) is 0 Å². The molecule has 0 radical (unpaired) electrons. The molecule has 2 aromatic rings. The minimum Gasteiger partial charge on any atom is -0.497 e. The highest BCUT2D eigenvalue weighted by molar-refractivity contribution is 5.79. The van der Waals surface area contributed by atoms with Crippen LogP contribution in [0.25, 0.3) is 0 Å². The minimum absolute atomic E-state index is 0.137. The first kappa shape index (κ1) is 15.3. The summed E-state index contributed by atoms with van der Waals surface area (Å²) in [5, 5.41) is 2.78. The van der Waals surface area contributed by atoms with E-state index in [0.29, 0.717) is 18.6 Å². The van der Waals surface area contributed by atoms with Crippen molar-refractivity contribution in [1.82, 2.24) is 5.32 Å². The molecule has 3 rings (SSSR count). The summed E-state index contributed by atoms with van der Waals surface area (Å²) in [5.74, 6) is 0.773. The molecule has 0 fully saturated rings. The van der Waals surface area contributed by atoms with Gasteiger partial charge in [0, 0.05) is 12.1 Å². The molecule has 1 heterocycles. The molecule has 1 aliphatic heterocycles. The van der Waals surface area contributed by atoms with Crippen molar-refractivity contribution in [3.63, 3.8) is 0 Å². The highest BCUT2D eigenvalue weighted by Crippen LogP contribution is 2.30. The molecule has 1 amide bonds. The molecule has 1 aliphatic rings. The van der Waals surface area contributed by atoms with E-state index < -0.39 is 0 Å². The Bertz CT molecular complexity index is 717. The maximum Gasteiger partial charge on any atom is 0.227 e. The maximum absolute atomic E-state index is 13.6. The fourth-order valence-corrected chi connectivity index (χ4v) is 2.63. The van der Waals surface area contributed by atoms with Crippen molar-refractivity contribution in [2.24, 2.45) is 5.92 Å². The van der Waals surface area contributed by atoms with E-state index in [1.807, 2.05) is 18.2 Å². The number of carbonyl (C=O) groups is 1. The normalized spacial score (nSPS) is 16.2. The number of carbonyl (C=O) groups excluding carboxylic acids is 1. The quantitative estimate of drug-likeness (QED) is 0.944. The highest BCUT2D eigenvalue weighted by Gasteiger charge is 2.26. The molecule has 0 unspecified atom stereocenters. The molecule has 0 aromatic heterocycles. The summed E-state index contributed by atoms with van der Waals surface area (Å²) < 4.78 is 24.4. The monoisotopic (exact) mass is 315 g/mol. The zero-order valence-corrected chi connectivity index (χ0v) is 12.8. The lowest BCUT2D eigenvalue weighted by Gasteiger charge is -2.25. The number of hydrogen-bond donors (Lipinski definition) is 1. The van der Waals surface area contributed by atoms with E-state index in [9.17, 15) is 9.18 Å². The average molecular weight is 315 g/mol. The third-order valence-electron chi connectivity index (χ3n) is 3.96. The molecule has 1 atom stereocenters. The molecule has 0 saturated carbocycles. The van der Waals surface area contributed by atoms with Crippen LogP contribution < -0.4 is 14.8 Å². The van der Waals surface area contributed by atoms with Gasteiger partial charge in [-0.25, -0.2) is 4.39 Å². The lowest BCUT2D eigenvalue weighted by Crippen LogP contribution is -2.37. The van der Waals surface area contributed by atoms with E-state index >= 15 is 0 Å². The lowest BCUT2D eigenvalue weighted by molar-refractivity contribution is -0.126. The standard InChI is InChI=1S/C18H18FNO3/c1-22-15-6-7-17-13(9-15)8-14(11-23-17)18(21)20-10-12-4-2-3-5-16(12)19/h2-7,9,14H,8,10-11H2,1H3,(H,20,21)/t14-/m1/s1. The van der Waals surface area contributed by atoms with Crippen molar-refractivity contribution in [2.45, 2.75) is 13.0 Å². The molecule has 1 N–H and O–H groups in total. The van der Waals surface area contributed by atoms with Gasteiger partial charge in [0.25, 0.3) is 0 Å². The molecular formula is C18H18FNO3. The Balaban J connectivity index is 1.63. The third kappa shape index (κ3) is 3.44. The average Bonchev–Trinajstić information content (AvgIpc) is 2.59. The van der Waals surface area contributed by atoms with E-state index in [4.69, 9.17) is 9.47 Å². The summed E-state index contributed by atoms with van der Waals surface area (Å²) in [7, 11) is 1.60. The number of rotatable bonds is 4. The lowest BCUT2D eigenvalue weighted by atomic mass is 9.95. The summed E-state index contributed by atoms with van der Waals surface area (Å²) in [6, 6.07) is 12.0. The van der Waals surface area contributed by atoms with Gasteiger partial charge in [0.1, 0.15) is 23.9 Å². The van der Waals surface area contributed by atoms with E-state index in [1.165, 1.54) is 6.07 Å². The number of methoxy groups -OCH3 is 1. The molecular weight excluding hydrogens is 297 g/mol. The van der Waals surface area contributed by atoms with Crippen LogP contribution in [0.4, 0.5) is 4.39 Å². The molecule has 0 bridgehead atoms. The molecule has 0 saturated heterocycles. The van der Waals surface area contributed by atoms with Crippen LogP contribution in [-0.4, -0.2) is 19.6 Å². The summed E-state index contributed by atoms with van der Waals surface area (Å²) in [6.45, 7) is 0.495. The van der Waals surface area contributed by atoms with Gasteiger partial charge >= 0.3 is 0 Å². The van der Waals surface area contributed by atoms with Gasteiger partial charge in [-0.2, -0.15) is 0 Å². The smallest absolute Gasteiger partial charge is 0.227 e. The first-order valence-corrected chi connectivity index (χ1v) is 7.48. The Labute approximate surface area is 134 Å². The van der Waals surface area contributed by atoms with Gasteiger partial charge in [-0.3, -0.25) is 4.79 Å². The zero-order chi connectivity index (χ0) is 16.2. The van der Waals surface area contributed by atoms with Crippen LogP contribution >= 0.6 is 0 Å². The van der Waals surface area contributed by atoms with Crippen molar-refractivity contribution in [3.05, 3.63) is 59.4 Å². The number of nitrogens with one attached hydrogen (secondary N) is 1. The SMILES string of the molecule is COc1ccc2c(c1)C[C@@H](C(=O)NCc1ccccc1F)CO2. The Morgan fingerprint density at radius 1 is 1.35 bits per heavy atom. The van der Waals surface area contributed by atoms with Crippen molar-refractivity contribution in [3.8, 4) is 11.5 Å². The topological polar surface area (TPSA) is 47.6 Å².